The van der Waals surface area contributed by atoms with E-state index in [1.807, 2.05) is 0 Å². The third kappa shape index (κ3) is 4.50. The topological polar surface area (TPSA) is 60.2 Å². The number of nitro groups is 1. The van der Waals surface area contributed by atoms with Crippen LogP contribution < -0.4 is 0 Å². The van der Waals surface area contributed by atoms with E-state index >= 15 is 0 Å². The molecule has 0 bridgehead atoms. The highest BCUT2D eigenvalue weighted by atomic mass is 79.9. The number of nitrogens with zero attached hydrogens (tertiary/aromatic N) is 1. The Bertz CT molecular complexity index is 521. The largest absolute Gasteiger partial charge is 0.446 e. The van der Waals surface area contributed by atoms with Crippen molar-refractivity contribution in [3.05, 3.63) is 33.9 Å². The van der Waals surface area contributed by atoms with Crippen molar-refractivity contribution in [3.8, 4) is 0 Å². The molecule has 0 radical (unpaired) electrons. The van der Waals surface area contributed by atoms with Gasteiger partial charge in [0.2, 0.25) is 0 Å². The first-order chi connectivity index (χ1) is 8.61. The predicted octanol–water partition coefficient (Wildman–Crippen LogP) is 4.23. The van der Waals surface area contributed by atoms with Gasteiger partial charge in [-0.15, -0.1) is 0 Å². The van der Waals surface area contributed by atoms with Crippen LogP contribution in [-0.4, -0.2) is 16.2 Å². The summed E-state index contributed by atoms with van der Waals surface area (Å²) in [5.41, 5.74) is -4.99. The molecule has 0 aliphatic carbocycles. The van der Waals surface area contributed by atoms with E-state index in [0.29, 0.717) is 0 Å². The Morgan fingerprint density at radius 1 is 1.47 bits per heavy atom. The molecule has 104 valence electrons. The quantitative estimate of drug-likeness (QED) is 0.350. The van der Waals surface area contributed by atoms with Crippen LogP contribution in [0.1, 0.15) is 17.3 Å². The zero-order valence-corrected chi connectivity index (χ0v) is 11.8. The fourth-order valence-electron chi connectivity index (χ4n) is 1.32. The number of carbonyl (C=O) groups excluding carboxylic acids is 1. The van der Waals surface area contributed by atoms with E-state index in [0.717, 1.165) is 18.2 Å². The monoisotopic (exact) mass is 357 g/mol. The molecule has 0 aliphatic heterocycles. The second-order valence-electron chi connectivity index (χ2n) is 3.50. The maximum absolute atomic E-state index is 12.2. The van der Waals surface area contributed by atoms with Crippen molar-refractivity contribution in [3.63, 3.8) is 0 Å². The van der Waals surface area contributed by atoms with Gasteiger partial charge in [-0.25, -0.2) is 0 Å². The van der Waals surface area contributed by atoms with Crippen LogP contribution >= 0.6 is 27.7 Å². The van der Waals surface area contributed by atoms with Gasteiger partial charge in [-0.3, -0.25) is 14.9 Å². The summed E-state index contributed by atoms with van der Waals surface area (Å²) in [6.45, 7) is 1.19. The molecule has 0 saturated heterocycles. The van der Waals surface area contributed by atoms with Crippen LogP contribution in [-0.2, 0) is 4.79 Å². The number of carbonyl (C=O) groups is 1. The first-order valence-corrected chi connectivity index (χ1v) is 6.53. The molecular weight excluding hydrogens is 351 g/mol. The highest BCUT2D eigenvalue weighted by Crippen LogP contribution is 2.40. The standard InChI is InChI=1S/C10H7BrF3NO3S/c1-5(16)9(11)7-4-6(19-10(12,13)14)2-3-8(7)15(17)18/h2-4,9H,1H3. The number of benzene rings is 1. The van der Waals surface area contributed by atoms with Gasteiger partial charge in [0.15, 0.2) is 0 Å². The van der Waals surface area contributed by atoms with Gasteiger partial charge in [-0.1, -0.05) is 15.9 Å². The Kier molecular flexibility index (Phi) is 4.97. The van der Waals surface area contributed by atoms with Crippen molar-refractivity contribution in [2.75, 3.05) is 0 Å². The highest BCUT2D eigenvalue weighted by molar-refractivity contribution is 9.09. The first kappa shape index (κ1) is 16.0. The summed E-state index contributed by atoms with van der Waals surface area (Å²) < 4.78 is 36.7. The first-order valence-electron chi connectivity index (χ1n) is 4.80. The molecule has 1 unspecified atom stereocenters. The molecule has 9 heteroatoms. The molecule has 0 amide bonds. The molecule has 4 nitrogen and oxygen atoms in total. The number of hydrogen-bond acceptors (Lipinski definition) is 4. The molecule has 0 spiro atoms. The summed E-state index contributed by atoms with van der Waals surface area (Å²) in [6.07, 6.45) is 0. The van der Waals surface area contributed by atoms with Crippen LogP contribution in [0.15, 0.2) is 23.1 Å². The van der Waals surface area contributed by atoms with Crippen LogP contribution in [0.2, 0.25) is 0 Å². The van der Waals surface area contributed by atoms with Crippen molar-refractivity contribution in [1.82, 2.24) is 0 Å². The summed E-state index contributed by atoms with van der Waals surface area (Å²) in [5, 5.41) is 10.8. The smallest absolute Gasteiger partial charge is 0.298 e. The molecule has 1 aromatic carbocycles. The van der Waals surface area contributed by atoms with E-state index in [-0.39, 0.29) is 10.5 Å². The van der Waals surface area contributed by atoms with Gasteiger partial charge in [0, 0.05) is 11.0 Å². The molecule has 0 heterocycles. The van der Waals surface area contributed by atoms with Crippen LogP contribution in [0.5, 0.6) is 0 Å². The SMILES string of the molecule is CC(=O)C(Br)c1cc(SC(F)(F)F)ccc1[N+](=O)[O-]. The van der Waals surface area contributed by atoms with Gasteiger partial charge in [0.25, 0.3) is 5.69 Å². The lowest BCUT2D eigenvalue weighted by atomic mass is 10.1. The highest BCUT2D eigenvalue weighted by Gasteiger charge is 2.31. The van der Waals surface area contributed by atoms with Crippen molar-refractivity contribution < 1.29 is 22.9 Å². The molecular formula is C10H7BrF3NO3S. The van der Waals surface area contributed by atoms with Crippen LogP contribution in [0.4, 0.5) is 18.9 Å². The Morgan fingerprint density at radius 2 is 2.05 bits per heavy atom. The lowest BCUT2D eigenvalue weighted by Gasteiger charge is -2.10. The predicted molar refractivity (Wildman–Crippen MR) is 67.4 cm³/mol. The van der Waals surface area contributed by atoms with E-state index in [1.165, 1.54) is 6.92 Å². The number of ketones is 1. The van der Waals surface area contributed by atoms with E-state index < -0.39 is 38.5 Å². The van der Waals surface area contributed by atoms with Crippen molar-refractivity contribution in [1.29, 1.82) is 0 Å². The third-order valence-electron chi connectivity index (χ3n) is 2.06. The van der Waals surface area contributed by atoms with E-state index in [9.17, 15) is 28.1 Å². The zero-order valence-electron chi connectivity index (χ0n) is 9.40. The normalized spacial score (nSPS) is 13.1. The molecule has 1 atom stereocenters. The van der Waals surface area contributed by atoms with E-state index in [2.05, 4.69) is 15.9 Å². The minimum absolute atomic E-state index is 0.0910. The number of alkyl halides is 4. The minimum Gasteiger partial charge on any atom is -0.298 e. The molecule has 0 saturated carbocycles. The zero-order chi connectivity index (χ0) is 14.8. The average molecular weight is 358 g/mol. The fraction of sp³-hybridized carbons (Fsp3) is 0.300. The van der Waals surface area contributed by atoms with Gasteiger partial charge in [-0.05, 0) is 30.8 Å². The Hall–Kier alpha value is -1.09. The van der Waals surface area contributed by atoms with Gasteiger partial charge >= 0.3 is 5.51 Å². The van der Waals surface area contributed by atoms with Gasteiger partial charge in [0.1, 0.15) is 10.6 Å². The van der Waals surface area contributed by atoms with Crippen LogP contribution in [0, 0.1) is 10.1 Å². The summed E-state index contributed by atoms with van der Waals surface area (Å²) >= 11 is 2.55. The van der Waals surface area contributed by atoms with Crippen LogP contribution in [0.25, 0.3) is 0 Å². The third-order valence-corrected chi connectivity index (χ3v) is 3.92. The second kappa shape index (κ2) is 5.91. The number of Topliss-reactive ketones (excluding diaryl/α,β-unsaturated/α-hetero) is 1. The molecule has 1 rings (SSSR count). The maximum atomic E-state index is 12.2. The number of thioether (sulfide) groups is 1. The lowest BCUT2D eigenvalue weighted by molar-refractivity contribution is -0.385. The fourth-order valence-corrected chi connectivity index (χ4v) is 2.27. The summed E-state index contributed by atoms with van der Waals surface area (Å²) in [7, 11) is 0. The maximum Gasteiger partial charge on any atom is 0.446 e. The molecule has 19 heavy (non-hydrogen) atoms. The Labute approximate surface area is 118 Å². The molecule has 1 aromatic rings. The van der Waals surface area contributed by atoms with Crippen molar-refractivity contribution in [2.24, 2.45) is 0 Å². The number of nitro benzene ring substituents is 1. The summed E-state index contributed by atoms with van der Waals surface area (Å²) in [4.78, 5) is 20.0. The Balaban J connectivity index is 3.26. The van der Waals surface area contributed by atoms with Gasteiger partial charge < -0.3 is 0 Å². The number of halogens is 4. The van der Waals surface area contributed by atoms with Gasteiger partial charge in [-0.2, -0.15) is 13.2 Å². The minimum atomic E-state index is -4.49. The number of rotatable bonds is 4. The molecule has 0 aliphatic rings. The second-order valence-corrected chi connectivity index (χ2v) is 5.55. The van der Waals surface area contributed by atoms with Crippen molar-refractivity contribution >= 4 is 39.2 Å². The molecule has 0 fully saturated rings. The van der Waals surface area contributed by atoms with E-state index in [1.54, 1.807) is 0 Å². The Morgan fingerprint density at radius 3 is 2.47 bits per heavy atom. The van der Waals surface area contributed by atoms with E-state index in [4.69, 9.17) is 0 Å². The lowest BCUT2D eigenvalue weighted by Crippen LogP contribution is -2.06. The van der Waals surface area contributed by atoms with Crippen LogP contribution in [0.3, 0.4) is 0 Å². The summed E-state index contributed by atoms with van der Waals surface area (Å²) in [6, 6.07) is 2.96. The molecule has 0 aromatic heterocycles. The molecule has 0 N–H and O–H groups in total. The van der Waals surface area contributed by atoms with Gasteiger partial charge in [0.05, 0.1) is 10.5 Å². The average Bonchev–Trinajstić information content (AvgIpc) is 2.25. The number of hydrogen-bond donors (Lipinski definition) is 0. The summed E-state index contributed by atoms with van der Waals surface area (Å²) in [5.74, 6) is -0.433. The van der Waals surface area contributed by atoms with Crippen molar-refractivity contribution in [2.45, 2.75) is 22.2 Å².